The zero-order chi connectivity index (χ0) is 13.7. The summed E-state index contributed by atoms with van der Waals surface area (Å²) in [5.74, 6) is 0. The second-order valence-electron chi connectivity index (χ2n) is 7.29. The Balaban J connectivity index is 1.88. The van der Waals surface area contributed by atoms with Gasteiger partial charge in [0.2, 0.25) is 0 Å². The molecule has 0 aliphatic heterocycles. The first kappa shape index (κ1) is 15.6. The van der Waals surface area contributed by atoms with E-state index in [1.54, 1.807) is 5.71 Å². The van der Waals surface area contributed by atoms with Crippen molar-refractivity contribution < 1.29 is 0 Å². The predicted octanol–water partition coefficient (Wildman–Crippen LogP) is 5.66. The van der Waals surface area contributed by atoms with Crippen LogP contribution in [0, 0.1) is 0 Å². The molecule has 2 saturated carbocycles. The molecule has 1 unspecified atom stereocenters. The van der Waals surface area contributed by atoms with Crippen LogP contribution in [0.1, 0.15) is 64.2 Å². The van der Waals surface area contributed by atoms with Crippen LogP contribution in [0.3, 0.4) is 0 Å². The Bertz CT molecular complexity index is 300. The molecule has 0 spiro atoms. The minimum absolute atomic E-state index is 0.674. The standard InChI is InChI=1S/C16H31NSSi/c1-19(2,3)18-16-12-8-11-15(13-16)17-14-9-6-4-5-7-10-14/h14,16H,4-13H2,1-3H3/b17-15+. The molecule has 0 aromatic heterocycles. The van der Waals surface area contributed by atoms with Gasteiger partial charge in [-0.15, -0.1) is 0 Å². The first-order chi connectivity index (χ1) is 9.03. The molecule has 0 amide bonds. The van der Waals surface area contributed by atoms with Crippen LogP contribution in [0.5, 0.6) is 0 Å². The smallest absolute Gasteiger partial charge is 0.108 e. The maximum absolute atomic E-state index is 5.15. The summed E-state index contributed by atoms with van der Waals surface area (Å²) in [5.41, 5.74) is 1.56. The third-order valence-electron chi connectivity index (χ3n) is 4.16. The molecule has 2 fully saturated rings. The van der Waals surface area contributed by atoms with E-state index in [-0.39, 0.29) is 0 Å². The summed E-state index contributed by atoms with van der Waals surface area (Å²) >= 11 is 2.31. The van der Waals surface area contributed by atoms with Gasteiger partial charge in [0.15, 0.2) is 0 Å². The summed E-state index contributed by atoms with van der Waals surface area (Å²) in [6.45, 7) is 7.44. The molecule has 110 valence electrons. The van der Waals surface area contributed by atoms with Crippen molar-refractivity contribution in [2.45, 2.75) is 95.1 Å². The van der Waals surface area contributed by atoms with Crippen molar-refractivity contribution in [2.75, 3.05) is 0 Å². The molecule has 2 rings (SSSR count). The van der Waals surface area contributed by atoms with Crippen molar-refractivity contribution in [1.82, 2.24) is 0 Å². The van der Waals surface area contributed by atoms with Gasteiger partial charge in [-0.2, -0.15) is 11.2 Å². The van der Waals surface area contributed by atoms with Crippen LogP contribution in [0.25, 0.3) is 0 Å². The molecule has 3 heteroatoms. The third-order valence-corrected chi connectivity index (χ3v) is 8.73. The first-order valence-corrected chi connectivity index (χ1v) is 13.4. The van der Waals surface area contributed by atoms with Crippen LogP contribution in [-0.2, 0) is 0 Å². The Morgan fingerprint density at radius 2 is 1.63 bits per heavy atom. The van der Waals surface area contributed by atoms with E-state index in [4.69, 9.17) is 4.99 Å². The highest BCUT2D eigenvalue weighted by atomic mass is 32.4. The molecule has 0 aromatic carbocycles. The summed E-state index contributed by atoms with van der Waals surface area (Å²) in [4.78, 5) is 5.15. The van der Waals surface area contributed by atoms with Crippen LogP contribution >= 0.6 is 11.2 Å². The lowest BCUT2D eigenvalue weighted by Crippen LogP contribution is -2.26. The first-order valence-electron chi connectivity index (χ1n) is 8.26. The van der Waals surface area contributed by atoms with Gasteiger partial charge < -0.3 is 0 Å². The summed E-state index contributed by atoms with van der Waals surface area (Å²) < 4.78 is 0. The van der Waals surface area contributed by atoms with Gasteiger partial charge in [0.25, 0.3) is 0 Å². The number of hydrogen-bond donors (Lipinski definition) is 0. The van der Waals surface area contributed by atoms with Gasteiger partial charge in [-0.3, -0.25) is 4.99 Å². The quantitative estimate of drug-likeness (QED) is 0.483. The highest BCUT2D eigenvalue weighted by Gasteiger charge is 2.25. The van der Waals surface area contributed by atoms with E-state index in [1.807, 2.05) is 0 Å². The highest BCUT2D eigenvalue weighted by molar-refractivity contribution is 8.29. The topological polar surface area (TPSA) is 12.4 Å². The van der Waals surface area contributed by atoms with Gasteiger partial charge in [-0.1, -0.05) is 45.3 Å². The fourth-order valence-electron chi connectivity index (χ4n) is 3.36. The molecule has 0 radical (unpaired) electrons. The van der Waals surface area contributed by atoms with Crippen molar-refractivity contribution >= 4 is 24.1 Å². The van der Waals surface area contributed by atoms with Crippen molar-refractivity contribution in [3.8, 4) is 0 Å². The van der Waals surface area contributed by atoms with E-state index in [0.29, 0.717) is 6.04 Å². The van der Waals surface area contributed by atoms with Gasteiger partial charge in [-0.25, -0.2) is 0 Å². The summed E-state index contributed by atoms with van der Waals surface area (Å²) in [5, 5.41) is 0.880. The zero-order valence-corrected chi connectivity index (χ0v) is 14.9. The molecule has 0 heterocycles. The van der Waals surface area contributed by atoms with Gasteiger partial charge in [0.1, 0.15) is 7.22 Å². The SMILES string of the molecule is C[Si](C)(C)SC1CCC/C(=N\C2CCCCCC2)C1. The van der Waals surface area contributed by atoms with E-state index in [0.717, 1.165) is 5.25 Å². The molecule has 2 aliphatic rings. The molecule has 1 atom stereocenters. The minimum Gasteiger partial charge on any atom is -0.291 e. The lowest BCUT2D eigenvalue weighted by atomic mass is 9.97. The normalized spacial score (nSPS) is 29.4. The molecular formula is C16H31NSSi. The van der Waals surface area contributed by atoms with Crippen molar-refractivity contribution in [3.63, 3.8) is 0 Å². The molecule has 2 aliphatic carbocycles. The number of aliphatic imine (C=N–C) groups is 1. The van der Waals surface area contributed by atoms with Crippen LogP contribution in [-0.4, -0.2) is 24.2 Å². The summed E-state index contributed by atoms with van der Waals surface area (Å²) in [6.07, 6.45) is 13.8. The predicted molar refractivity (Wildman–Crippen MR) is 92.1 cm³/mol. The van der Waals surface area contributed by atoms with Crippen molar-refractivity contribution in [3.05, 3.63) is 0 Å². The van der Waals surface area contributed by atoms with E-state index < -0.39 is 7.22 Å². The molecule has 19 heavy (non-hydrogen) atoms. The molecular weight excluding hydrogens is 266 g/mol. The van der Waals surface area contributed by atoms with Crippen LogP contribution in [0.2, 0.25) is 19.6 Å². The lowest BCUT2D eigenvalue weighted by Gasteiger charge is -2.29. The van der Waals surface area contributed by atoms with Gasteiger partial charge >= 0.3 is 0 Å². The average molecular weight is 298 g/mol. The monoisotopic (exact) mass is 297 g/mol. The Morgan fingerprint density at radius 1 is 0.947 bits per heavy atom. The summed E-state index contributed by atoms with van der Waals surface area (Å²) in [7, 11) is -0.973. The van der Waals surface area contributed by atoms with Crippen LogP contribution in [0.15, 0.2) is 4.99 Å². The zero-order valence-electron chi connectivity index (χ0n) is 13.1. The fourth-order valence-corrected chi connectivity index (χ4v) is 8.53. The summed E-state index contributed by atoms with van der Waals surface area (Å²) in [6, 6.07) is 0.674. The molecule has 1 nitrogen and oxygen atoms in total. The molecule has 0 saturated heterocycles. The second-order valence-corrected chi connectivity index (χ2v) is 16.8. The molecule has 0 N–H and O–H groups in total. The molecule has 0 aromatic rings. The Kier molecular flexibility index (Phi) is 6.01. The van der Waals surface area contributed by atoms with Crippen molar-refractivity contribution in [2.24, 2.45) is 4.99 Å². The molecule has 0 bridgehead atoms. The Labute approximate surface area is 124 Å². The minimum atomic E-state index is -0.973. The van der Waals surface area contributed by atoms with E-state index >= 15 is 0 Å². The van der Waals surface area contributed by atoms with Gasteiger partial charge in [0.05, 0.1) is 0 Å². The van der Waals surface area contributed by atoms with Crippen LogP contribution in [0.4, 0.5) is 0 Å². The van der Waals surface area contributed by atoms with E-state index in [9.17, 15) is 0 Å². The van der Waals surface area contributed by atoms with E-state index in [2.05, 4.69) is 30.9 Å². The third kappa shape index (κ3) is 6.03. The number of hydrogen-bond acceptors (Lipinski definition) is 2. The lowest BCUT2D eigenvalue weighted by molar-refractivity contribution is 0.575. The fraction of sp³-hybridized carbons (Fsp3) is 0.938. The van der Waals surface area contributed by atoms with Gasteiger partial charge in [-0.05, 0) is 38.5 Å². The second kappa shape index (κ2) is 7.30. The maximum Gasteiger partial charge on any atom is 0.108 e. The van der Waals surface area contributed by atoms with E-state index in [1.165, 1.54) is 64.2 Å². The number of rotatable bonds is 3. The largest absolute Gasteiger partial charge is 0.291 e. The number of nitrogens with zero attached hydrogens (tertiary/aromatic N) is 1. The average Bonchev–Trinajstić information content (AvgIpc) is 2.56. The van der Waals surface area contributed by atoms with Crippen LogP contribution < -0.4 is 0 Å². The Hall–Kier alpha value is 0.237. The Morgan fingerprint density at radius 3 is 2.26 bits per heavy atom. The van der Waals surface area contributed by atoms with Gasteiger partial charge in [0, 0.05) is 17.0 Å². The van der Waals surface area contributed by atoms with Crippen molar-refractivity contribution in [1.29, 1.82) is 0 Å². The maximum atomic E-state index is 5.15. The highest BCUT2D eigenvalue weighted by Crippen LogP contribution is 2.34.